The Morgan fingerprint density at radius 2 is 2.09 bits per heavy atom. The van der Waals surface area contributed by atoms with Crippen LogP contribution in [0.5, 0.6) is 0 Å². The lowest BCUT2D eigenvalue weighted by Crippen LogP contribution is -2.58. The van der Waals surface area contributed by atoms with Crippen molar-refractivity contribution < 1.29 is 9.53 Å². The van der Waals surface area contributed by atoms with Gasteiger partial charge < -0.3 is 10.1 Å². The minimum atomic E-state index is -0.561. The Balaban J connectivity index is 2.08. The lowest BCUT2D eigenvalue weighted by molar-refractivity contribution is -0.135. The Morgan fingerprint density at radius 1 is 1.41 bits per heavy atom. The summed E-state index contributed by atoms with van der Waals surface area (Å²) in [4.78, 5) is 19.3. The third kappa shape index (κ3) is 3.47. The smallest absolute Gasteiger partial charge is 0.240 e. The van der Waals surface area contributed by atoms with Gasteiger partial charge in [0.25, 0.3) is 0 Å². The first-order valence-electron chi connectivity index (χ1n) is 8.02. The molecule has 1 aliphatic rings. The lowest BCUT2D eigenvalue weighted by atomic mass is 10.00. The van der Waals surface area contributed by atoms with Crippen LogP contribution >= 0.6 is 0 Å². The highest BCUT2D eigenvalue weighted by Gasteiger charge is 2.36. The molecule has 1 aliphatic heterocycles. The van der Waals surface area contributed by atoms with Gasteiger partial charge >= 0.3 is 0 Å². The number of carbonyl (C=O) groups excluding carboxylic acids is 1. The first kappa shape index (κ1) is 16.9. The molecule has 22 heavy (non-hydrogen) atoms. The lowest BCUT2D eigenvalue weighted by Gasteiger charge is -2.40. The molecule has 2 rings (SSSR count). The number of hydrogen-bond acceptors (Lipinski definition) is 5. The van der Waals surface area contributed by atoms with Crippen LogP contribution < -0.4 is 5.32 Å². The molecule has 0 aliphatic carbocycles. The molecule has 0 spiro atoms. The predicted octanol–water partition coefficient (Wildman–Crippen LogP) is 0.976. The third-order valence-corrected chi connectivity index (χ3v) is 4.33. The van der Waals surface area contributed by atoms with E-state index in [0.29, 0.717) is 13.2 Å². The summed E-state index contributed by atoms with van der Waals surface area (Å²) < 4.78 is 7.20. The molecule has 7 nitrogen and oxygen atoms in total. The molecule has 1 amide bonds. The van der Waals surface area contributed by atoms with E-state index >= 15 is 0 Å². The second kappa shape index (κ2) is 7.19. The van der Waals surface area contributed by atoms with Gasteiger partial charge in [0.2, 0.25) is 5.91 Å². The summed E-state index contributed by atoms with van der Waals surface area (Å²) in [5.74, 6) is 0.836. The molecule has 1 fully saturated rings. The molecule has 0 saturated carbocycles. The largest absolute Gasteiger partial charge is 0.379 e. The van der Waals surface area contributed by atoms with Gasteiger partial charge in [-0.1, -0.05) is 6.92 Å². The molecule has 1 N–H and O–H groups in total. The Bertz CT molecular complexity index is 494. The van der Waals surface area contributed by atoms with Crippen molar-refractivity contribution in [3.05, 3.63) is 12.2 Å². The normalized spacial score (nSPS) is 18.2. The zero-order valence-electron chi connectivity index (χ0n) is 14.0. The summed E-state index contributed by atoms with van der Waals surface area (Å²) in [6.45, 7) is 11.6. The molecule has 1 atom stereocenters. The molecule has 0 aromatic carbocycles. The molecule has 1 saturated heterocycles. The zero-order valence-corrected chi connectivity index (χ0v) is 14.0. The molecule has 1 aromatic heterocycles. The molecule has 0 radical (unpaired) electrons. The van der Waals surface area contributed by atoms with Crippen LogP contribution in [0.1, 0.15) is 46.0 Å². The average molecular weight is 309 g/mol. The van der Waals surface area contributed by atoms with Crippen molar-refractivity contribution >= 4 is 5.91 Å². The minimum absolute atomic E-state index is 0.0203. The quantitative estimate of drug-likeness (QED) is 0.848. The number of hydrogen-bond donors (Lipinski definition) is 1. The summed E-state index contributed by atoms with van der Waals surface area (Å²) >= 11 is 0. The van der Waals surface area contributed by atoms with Gasteiger partial charge in [-0.15, -0.1) is 0 Å². The number of nitrogens with one attached hydrogen (secondary N) is 1. The SMILES string of the molecule is CC[C@H](NC(=O)C(C)(C)N1CCOCC1)c1ncnn1CC. The second-order valence-corrected chi connectivity index (χ2v) is 6.03. The summed E-state index contributed by atoms with van der Waals surface area (Å²) in [6.07, 6.45) is 2.32. The summed E-state index contributed by atoms with van der Waals surface area (Å²) in [7, 11) is 0. The first-order valence-corrected chi connectivity index (χ1v) is 8.02. The molecular weight excluding hydrogens is 282 g/mol. The van der Waals surface area contributed by atoms with Crippen LogP contribution in [0.15, 0.2) is 6.33 Å². The molecule has 0 unspecified atom stereocenters. The van der Waals surface area contributed by atoms with E-state index in [-0.39, 0.29) is 11.9 Å². The van der Waals surface area contributed by atoms with Crippen molar-refractivity contribution in [2.45, 2.75) is 52.2 Å². The van der Waals surface area contributed by atoms with Crippen molar-refractivity contribution in [3.63, 3.8) is 0 Å². The average Bonchev–Trinajstić information content (AvgIpc) is 3.01. The minimum Gasteiger partial charge on any atom is -0.379 e. The van der Waals surface area contributed by atoms with Gasteiger partial charge in [-0.2, -0.15) is 5.10 Å². The Kier molecular flexibility index (Phi) is 5.52. The molecular formula is C15H27N5O2. The number of ether oxygens (including phenoxy) is 1. The Hall–Kier alpha value is -1.47. The predicted molar refractivity (Wildman–Crippen MR) is 83.3 cm³/mol. The summed E-state index contributed by atoms with van der Waals surface area (Å²) in [5, 5.41) is 7.33. The van der Waals surface area contributed by atoms with Crippen molar-refractivity contribution in [3.8, 4) is 0 Å². The second-order valence-electron chi connectivity index (χ2n) is 6.03. The monoisotopic (exact) mass is 309 g/mol. The third-order valence-electron chi connectivity index (χ3n) is 4.33. The van der Waals surface area contributed by atoms with E-state index in [9.17, 15) is 4.79 Å². The standard InChI is InChI=1S/C15H27N5O2/c1-5-12(13-16-11-17-20(13)6-2)18-14(21)15(3,4)19-7-9-22-10-8-19/h11-12H,5-10H2,1-4H3,(H,18,21)/t12-/m0/s1. The maximum atomic E-state index is 12.8. The van der Waals surface area contributed by atoms with Gasteiger partial charge in [-0.25, -0.2) is 9.67 Å². The van der Waals surface area contributed by atoms with Gasteiger partial charge in [0.05, 0.1) is 24.8 Å². The van der Waals surface area contributed by atoms with Crippen LogP contribution in [-0.4, -0.2) is 57.4 Å². The van der Waals surface area contributed by atoms with Gasteiger partial charge in [0.1, 0.15) is 12.2 Å². The van der Waals surface area contributed by atoms with E-state index in [2.05, 4.69) is 20.3 Å². The molecule has 7 heteroatoms. The van der Waals surface area contributed by atoms with E-state index in [4.69, 9.17) is 4.74 Å². The van der Waals surface area contributed by atoms with Crippen LogP contribution in [0, 0.1) is 0 Å². The fourth-order valence-corrected chi connectivity index (χ4v) is 2.74. The summed E-state index contributed by atoms with van der Waals surface area (Å²) in [6, 6.07) is -0.115. The van der Waals surface area contributed by atoms with Gasteiger partial charge in [-0.05, 0) is 27.2 Å². The van der Waals surface area contributed by atoms with Crippen LogP contribution in [0.25, 0.3) is 0 Å². The van der Waals surface area contributed by atoms with Crippen LogP contribution in [0.3, 0.4) is 0 Å². The van der Waals surface area contributed by atoms with E-state index in [1.807, 2.05) is 32.4 Å². The fourth-order valence-electron chi connectivity index (χ4n) is 2.74. The zero-order chi connectivity index (χ0) is 16.2. The number of rotatable bonds is 6. The summed E-state index contributed by atoms with van der Waals surface area (Å²) in [5.41, 5.74) is -0.561. The highest BCUT2D eigenvalue weighted by Crippen LogP contribution is 2.20. The van der Waals surface area contributed by atoms with E-state index in [1.54, 1.807) is 6.33 Å². The molecule has 124 valence electrons. The maximum Gasteiger partial charge on any atom is 0.240 e. The number of carbonyl (C=O) groups is 1. The number of morpholine rings is 1. The van der Waals surface area contributed by atoms with E-state index < -0.39 is 5.54 Å². The van der Waals surface area contributed by atoms with Gasteiger partial charge in [0, 0.05) is 19.6 Å². The number of aromatic nitrogens is 3. The molecule has 0 bridgehead atoms. The van der Waals surface area contributed by atoms with Crippen LogP contribution in [0.4, 0.5) is 0 Å². The van der Waals surface area contributed by atoms with Crippen molar-refractivity contribution in [1.82, 2.24) is 25.0 Å². The van der Waals surface area contributed by atoms with Crippen molar-refractivity contribution in [1.29, 1.82) is 0 Å². The Labute approximate surface area is 132 Å². The first-order chi connectivity index (χ1) is 10.5. The van der Waals surface area contributed by atoms with Crippen molar-refractivity contribution in [2.75, 3.05) is 26.3 Å². The number of aryl methyl sites for hydroxylation is 1. The number of nitrogens with zero attached hydrogens (tertiary/aromatic N) is 4. The van der Waals surface area contributed by atoms with Crippen LogP contribution in [0.2, 0.25) is 0 Å². The van der Waals surface area contributed by atoms with Gasteiger partial charge in [0.15, 0.2) is 0 Å². The van der Waals surface area contributed by atoms with E-state index in [1.165, 1.54) is 0 Å². The highest BCUT2D eigenvalue weighted by atomic mass is 16.5. The van der Waals surface area contributed by atoms with Crippen LogP contribution in [-0.2, 0) is 16.1 Å². The highest BCUT2D eigenvalue weighted by molar-refractivity contribution is 5.85. The maximum absolute atomic E-state index is 12.8. The van der Waals surface area contributed by atoms with Crippen molar-refractivity contribution in [2.24, 2.45) is 0 Å². The molecule has 1 aromatic rings. The number of amides is 1. The molecule has 2 heterocycles. The van der Waals surface area contributed by atoms with E-state index in [0.717, 1.165) is 31.9 Å². The topological polar surface area (TPSA) is 72.3 Å². The Morgan fingerprint density at radius 3 is 2.68 bits per heavy atom. The fraction of sp³-hybridized carbons (Fsp3) is 0.800. The van der Waals surface area contributed by atoms with Gasteiger partial charge in [-0.3, -0.25) is 9.69 Å².